The molecule has 0 aliphatic rings. The van der Waals surface area contributed by atoms with E-state index in [1.54, 1.807) is 0 Å². The highest BCUT2D eigenvalue weighted by molar-refractivity contribution is 5.70. The molecule has 0 aromatic heterocycles. The lowest BCUT2D eigenvalue weighted by Gasteiger charge is -2.18. The lowest BCUT2D eigenvalue weighted by atomic mass is 10.0. The number of allylic oxidation sites excluding steroid dienone is 16. The minimum absolute atomic E-state index is 0.0602. The highest BCUT2D eigenvalue weighted by Gasteiger charge is 2.17. The molecule has 1 atom stereocenters. The molecule has 0 fully saturated rings. The second-order valence-corrected chi connectivity index (χ2v) is 17.4. The maximum Gasteiger partial charge on any atom is 0.306 e. The molecule has 0 heterocycles. The second-order valence-electron chi connectivity index (χ2n) is 17.4. The molecule has 366 valence electrons. The van der Waals surface area contributed by atoms with Gasteiger partial charge in [-0.1, -0.05) is 227 Å². The van der Waals surface area contributed by atoms with Crippen LogP contribution in [0.15, 0.2) is 97.2 Å². The Morgan fingerprint density at radius 2 is 0.703 bits per heavy atom. The lowest BCUT2D eigenvalue weighted by Crippen LogP contribution is -2.30. The van der Waals surface area contributed by atoms with E-state index in [2.05, 4.69) is 118 Å². The van der Waals surface area contributed by atoms with Gasteiger partial charge in [0.1, 0.15) is 6.61 Å². The highest BCUT2D eigenvalue weighted by atomic mass is 16.6. The molecule has 0 aliphatic heterocycles. The van der Waals surface area contributed by atoms with E-state index in [9.17, 15) is 9.59 Å². The molecule has 0 saturated heterocycles. The van der Waals surface area contributed by atoms with Gasteiger partial charge < -0.3 is 14.2 Å². The van der Waals surface area contributed by atoms with Gasteiger partial charge >= 0.3 is 11.9 Å². The first kappa shape index (κ1) is 60.8. The number of hydrogen-bond donors (Lipinski definition) is 0. The second kappa shape index (κ2) is 54.2. The molecule has 0 N–H and O–H groups in total. The van der Waals surface area contributed by atoms with Crippen LogP contribution in [-0.4, -0.2) is 37.9 Å². The van der Waals surface area contributed by atoms with Gasteiger partial charge in [0.15, 0.2) is 6.10 Å². The fourth-order valence-electron chi connectivity index (χ4n) is 7.20. The van der Waals surface area contributed by atoms with Crippen LogP contribution in [0, 0.1) is 0 Å². The summed E-state index contributed by atoms with van der Waals surface area (Å²) >= 11 is 0. The summed E-state index contributed by atoms with van der Waals surface area (Å²) in [5.41, 5.74) is 0. The Labute approximate surface area is 396 Å². The van der Waals surface area contributed by atoms with E-state index in [1.807, 2.05) is 0 Å². The average Bonchev–Trinajstić information content (AvgIpc) is 3.30. The molecule has 0 bridgehead atoms. The van der Waals surface area contributed by atoms with Crippen molar-refractivity contribution in [3.8, 4) is 0 Å². The number of hydrogen-bond acceptors (Lipinski definition) is 5. The first-order chi connectivity index (χ1) is 31.6. The lowest BCUT2D eigenvalue weighted by molar-refractivity contribution is -0.163. The van der Waals surface area contributed by atoms with Crippen LogP contribution in [0.4, 0.5) is 0 Å². The third kappa shape index (κ3) is 51.5. The van der Waals surface area contributed by atoms with Gasteiger partial charge in [-0.3, -0.25) is 9.59 Å². The van der Waals surface area contributed by atoms with Gasteiger partial charge in [-0.15, -0.1) is 0 Å². The van der Waals surface area contributed by atoms with Gasteiger partial charge in [-0.2, -0.15) is 0 Å². The van der Waals surface area contributed by atoms with E-state index in [0.29, 0.717) is 19.4 Å². The molecule has 1 unspecified atom stereocenters. The van der Waals surface area contributed by atoms with Crippen LogP contribution < -0.4 is 0 Å². The molecule has 0 amide bonds. The third-order valence-corrected chi connectivity index (χ3v) is 11.1. The summed E-state index contributed by atoms with van der Waals surface area (Å²) < 4.78 is 17.4. The number of carbonyl (C=O) groups excluding carboxylic acids is 2. The summed E-state index contributed by atoms with van der Waals surface area (Å²) in [5.74, 6) is -0.444. The summed E-state index contributed by atoms with van der Waals surface area (Å²) in [5, 5.41) is 0. The van der Waals surface area contributed by atoms with Crippen LogP contribution in [0.2, 0.25) is 0 Å². The Kier molecular flexibility index (Phi) is 51.5. The molecule has 0 aliphatic carbocycles. The number of carbonyl (C=O) groups is 2. The van der Waals surface area contributed by atoms with Crippen LogP contribution in [0.1, 0.15) is 239 Å². The summed E-state index contributed by atoms with van der Waals surface area (Å²) in [6, 6.07) is 0. The third-order valence-electron chi connectivity index (χ3n) is 11.1. The Morgan fingerprint density at radius 3 is 1.14 bits per heavy atom. The SMILES string of the molecule is CC/C=C\C/C=C\C/C=C\C/C=C\C/C=C\CCCCCCOCC(COC(=O)CCCCCCCCCCCCCCCCC)OC(=O)CCCCC/C=C\C/C=C\C/C=C\CC. The first-order valence-electron chi connectivity index (χ1n) is 26.8. The van der Waals surface area contributed by atoms with Crippen LogP contribution >= 0.6 is 0 Å². The molecular weight excluding hydrogens is 789 g/mol. The normalized spacial score (nSPS) is 13.0. The maximum absolute atomic E-state index is 12.8. The van der Waals surface area contributed by atoms with E-state index >= 15 is 0 Å². The van der Waals surface area contributed by atoms with Crippen molar-refractivity contribution in [3.63, 3.8) is 0 Å². The minimum atomic E-state index is -0.568. The largest absolute Gasteiger partial charge is 0.462 e. The molecule has 0 aromatic carbocycles. The number of ether oxygens (including phenoxy) is 3. The van der Waals surface area contributed by atoms with Crippen molar-refractivity contribution < 1.29 is 23.8 Å². The standard InChI is InChI=1S/C59H100O5/c1-4-7-10-13-16-19-22-25-27-28-29-30-31-33-36-39-42-45-48-51-54-62-55-57(64-59(61)53-50-47-44-41-38-34-24-21-18-15-12-9-6-3)56-63-58(60)52-49-46-43-40-37-35-32-26-23-20-17-14-11-8-5-2/h7,9-10,12,16,18-19,21,25,27,29-30,33-34,36,38,57H,4-6,8,11,13-15,17,20,22-24,26,28,31-32,35,37,39-56H2,1-3H3/b10-7-,12-9-,19-16-,21-18-,27-25-,30-29-,36-33-,38-34-. The van der Waals surface area contributed by atoms with Gasteiger partial charge in [-0.25, -0.2) is 0 Å². The van der Waals surface area contributed by atoms with Crippen molar-refractivity contribution in [1.29, 1.82) is 0 Å². The Balaban J connectivity index is 4.35. The fourth-order valence-corrected chi connectivity index (χ4v) is 7.20. The van der Waals surface area contributed by atoms with E-state index in [1.165, 1.54) is 89.9 Å². The van der Waals surface area contributed by atoms with Gasteiger partial charge in [0.25, 0.3) is 0 Å². The number of unbranched alkanes of at least 4 members (excludes halogenated alkanes) is 21. The predicted molar refractivity (Wildman–Crippen MR) is 279 cm³/mol. The Bertz CT molecular complexity index is 1230. The van der Waals surface area contributed by atoms with Gasteiger partial charge in [0.05, 0.1) is 6.61 Å². The zero-order valence-electron chi connectivity index (χ0n) is 42.0. The molecule has 0 rings (SSSR count). The molecule has 0 aromatic rings. The van der Waals surface area contributed by atoms with Crippen molar-refractivity contribution in [2.24, 2.45) is 0 Å². The van der Waals surface area contributed by atoms with Crippen LogP contribution in [0.3, 0.4) is 0 Å². The van der Waals surface area contributed by atoms with Gasteiger partial charge in [0, 0.05) is 19.4 Å². The van der Waals surface area contributed by atoms with Crippen molar-refractivity contribution in [1.82, 2.24) is 0 Å². The topological polar surface area (TPSA) is 61.8 Å². The van der Waals surface area contributed by atoms with Crippen molar-refractivity contribution in [3.05, 3.63) is 97.2 Å². The van der Waals surface area contributed by atoms with E-state index in [-0.39, 0.29) is 25.2 Å². The van der Waals surface area contributed by atoms with E-state index in [0.717, 1.165) is 116 Å². The molecule has 0 spiro atoms. The monoisotopic (exact) mass is 889 g/mol. The molecule has 0 saturated carbocycles. The Morgan fingerprint density at radius 1 is 0.359 bits per heavy atom. The summed E-state index contributed by atoms with van der Waals surface area (Å²) in [6.07, 6.45) is 72.8. The zero-order valence-corrected chi connectivity index (χ0v) is 42.0. The molecule has 5 nitrogen and oxygen atoms in total. The van der Waals surface area contributed by atoms with Gasteiger partial charge in [-0.05, 0) is 96.3 Å². The first-order valence-corrected chi connectivity index (χ1v) is 26.8. The van der Waals surface area contributed by atoms with Crippen LogP contribution in [0.25, 0.3) is 0 Å². The molecule has 64 heavy (non-hydrogen) atoms. The summed E-state index contributed by atoms with van der Waals surface area (Å²) in [6.45, 7) is 7.52. The van der Waals surface area contributed by atoms with Crippen LogP contribution in [0.5, 0.6) is 0 Å². The molecular formula is C59H100O5. The Hall–Kier alpha value is -3.18. The highest BCUT2D eigenvalue weighted by Crippen LogP contribution is 2.15. The summed E-state index contributed by atoms with van der Waals surface area (Å²) in [4.78, 5) is 25.4. The maximum atomic E-state index is 12.8. The number of rotatable bonds is 48. The quantitative estimate of drug-likeness (QED) is 0.0346. The molecule has 0 radical (unpaired) electrons. The van der Waals surface area contributed by atoms with E-state index < -0.39 is 6.10 Å². The molecule has 5 heteroatoms. The smallest absolute Gasteiger partial charge is 0.306 e. The van der Waals surface area contributed by atoms with Crippen molar-refractivity contribution >= 4 is 11.9 Å². The van der Waals surface area contributed by atoms with Gasteiger partial charge in [0.2, 0.25) is 0 Å². The number of esters is 2. The van der Waals surface area contributed by atoms with E-state index in [4.69, 9.17) is 14.2 Å². The van der Waals surface area contributed by atoms with Crippen molar-refractivity contribution in [2.45, 2.75) is 245 Å². The van der Waals surface area contributed by atoms with Crippen molar-refractivity contribution in [2.75, 3.05) is 19.8 Å². The minimum Gasteiger partial charge on any atom is -0.462 e. The summed E-state index contributed by atoms with van der Waals surface area (Å²) in [7, 11) is 0. The fraction of sp³-hybridized carbons (Fsp3) is 0.695. The average molecular weight is 889 g/mol. The van der Waals surface area contributed by atoms with Crippen LogP contribution in [-0.2, 0) is 23.8 Å². The predicted octanol–water partition coefficient (Wildman–Crippen LogP) is 18.2. The zero-order chi connectivity index (χ0) is 46.3.